The largest absolute Gasteiger partial charge is 0.393 e. The Labute approximate surface area is 133 Å². The predicted octanol–water partition coefficient (Wildman–Crippen LogP) is 0.874. The summed E-state index contributed by atoms with van der Waals surface area (Å²) >= 11 is 0. The zero-order chi connectivity index (χ0) is 17.0. The van der Waals surface area contributed by atoms with Crippen LogP contribution in [-0.2, 0) is 4.79 Å². The number of hydrogen-bond donors (Lipinski definition) is 1. The number of urea groups is 1. The summed E-state index contributed by atoms with van der Waals surface area (Å²) in [5.74, 6) is -1.69. The molecule has 2 fully saturated rings. The number of nitrogens with two attached hydrogens (primary N) is 1. The van der Waals surface area contributed by atoms with Crippen molar-refractivity contribution in [2.75, 3.05) is 45.8 Å². The van der Waals surface area contributed by atoms with Crippen molar-refractivity contribution in [2.24, 2.45) is 11.7 Å². The molecule has 9 heteroatoms. The molecule has 2 aliphatic heterocycles. The van der Waals surface area contributed by atoms with E-state index in [1.807, 2.05) is 4.90 Å². The maximum atomic E-state index is 12.8. The van der Waals surface area contributed by atoms with Gasteiger partial charge in [-0.2, -0.15) is 13.2 Å². The van der Waals surface area contributed by atoms with E-state index in [1.54, 1.807) is 0 Å². The third kappa shape index (κ3) is 4.98. The Bertz CT molecular complexity index is 444. The van der Waals surface area contributed by atoms with Gasteiger partial charge in [-0.05, 0) is 19.3 Å². The molecule has 2 aliphatic rings. The lowest BCUT2D eigenvalue weighted by Crippen LogP contribution is -2.48. The van der Waals surface area contributed by atoms with Gasteiger partial charge in [0.2, 0.25) is 5.91 Å². The number of likely N-dealkylation sites (tertiary alicyclic amines) is 1. The maximum Gasteiger partial charge on any atom is 0.393 e. The first-order valence-corrected chi connectivity index (χ1v) is 7.88. The molecule has 0 aromatic heterocycles. The molecule has 23 heavy (non-hydrogen) atoms. The van der Waals surface area contributed by atoms with Crippen LogP contribution in [0.2, 0.25) is 0 Å². The summed E-state index contributed by atoms with van der Waals surface area (Å²) < 4.78 is 38.4. The van der Waals surface area contributed by atoms with Gasteiger partial charge in [0, 0.05) is 39.3 Å². The Morgan fingerprint density at radius 1 is 1.00 bits per heavy atom. The average molecular weight is 336 g/mol. The quantitative estimate of drug-likeness (QED) is 0.814. The topological polar surface area (TPSA) is 69.9 Å². The monoisotopic (exact) mass is 336 g/mol. The molecular formula is C14H23F3N4O2. The second kappa shape index (κ2) is 7.37. The molecule has 3 amide bonds. The van der Waals surface area contributed by atoms with Crippen molar-refractivity contribution in [1.82, 2.24) is 14.7 Å². The first-order valence-electron chi connectivity index (χ1n) is 7.88. The SMILES string of the molecule is NC(=O)N1CCCN(CC(=O)N2CCCC(C(F)(F)F)C2)CC1. The van der Waals surface area contributed by atoms with Crippen molar-refractivity contribution >= 4 is 11.9 Å². The molecule has 2 saturated heterocycles. The Hall–Kier alpha value is -1.51. The fourth-order valence-electron chi connectivity index (χ4n) is 3.11. The number of halogens is 3. The van der Waals surface area contributed by atoms with Gasteiger partial charge in [0.25, 0.3) is 0 Å². The van der Waals surface area contributed by atoms with Crippen molar-refractivity contribution < 1.29 is 22.8 Å². The second-order valence-electron chi connectivity index (χ2n) is 6.18. The van der Waals surface area contributed by atoms with Gasteiger partial charge in [0.15, 0.2) is 0 Å². The third-order valence-corrected chi connectivity index (χ3v) is 4.50. The average Bonchev–Trinajstić information content (AvgIpc) is 2.72. The van der Waals surface area contributed by atoms with Crippen molar-refractivity contribution in [2.45, 2.75) is 25.4 Å². The Kier molecular flexibility index (Phi) is 5.72. The van der Waals surface area contributed by atoms with E-state index in [1.165, 1.54) is 9.80 Å². The first kappa shape index (κ1) is 17.8. The smallest absolute Gasteiger partial charge is 0.351 e. The number of hydrogen-bond acceptors (Lipinski definition) is 3. The lowest BCUT2D eigenvalue weighted by Gasteiger charge is -2.35. The number of amides is 3. The molecule has 2 heterocycles. The van der Waals surface area contributed by atoms with Gasteiger partial charge < -0.3 is 15.5 Å². The molecule has 0 bridgehead atoms. The number of alkyl halides is 3. The highest BCUT2D eigenvalue weighted by Gasteiger charge is 2.42. The van der Waals surface area contributed by atoms with Crippen LogP contribution >= 0.6 is 0 Å². The van der Waals surface area contributed by atoms with E-state index in [4.69, 9.17) is 5.73 Å². The first-order chi connectivity index (χ1) is 10.8. The number of primary amides is 1. The van der Waals surface area contributed by atoms with Crippen LogP contribution in [0.1, 0.15) is 19.3 Å². The molecule has 0 radical (unpaired) electrons. The van der Waals surface area contributed by atoms with Crippen LogP contribution in [0, 0.1) is 5.92 Å². The van der Waals surface area contributed by atoms with Crippen LogP contribution in [0.5, 0.6) is 0 Å². The molecule has 2 rings (SSSR count). The van der Waals surface area contributed by atoms with Gasteiger partial charge in [-0.25, -0.2) is 4.79 Å². The van der Waals surface area contributed by atoms with E-state index in [0.717, 1.165) is 0 Å². The number of carbonyl (C=O) groups is 2. The van der Waals surface area contributed by atoms with Crippen LogP contribution in [-0.4, -0.2) is 78.6 Å². The molecular weight excluding hydrogens is 313 g/mol. The fraction of sp³-hybridized carbons (Fsp3) is 0.857. The van der Waals surface area contributed by atoms with Crippen LogP contribution in [0.25, 0.3) is 0 Å². The van der Waals surface area contributed by atoms with Gasteiger partial charge in [-0.15, -0.1) is 0 Å². The van der Waals surface area contributed by atoms with Crippen molar-refractivity contribution in [3.63, 3.8) is 0 Å². The third-order valence-electron chi connectivity index (χ3n) is 4.50. The minimum atomic E-state index is -4.25. The van der Waals surface area contributed by atoms with Gasteiger partial charge in [0.1, 0.15) is 0 Å². The Morgan fingerprint density at radius 3 is 2.35 bits per heavy atom. The Balaban J connectivity index is 1.85. The van der Waals surface area contributed by atoms with E-state index in [-0.39, 0.29) is 25.4 Å². The summed E-state index contributed by atoms with van der Waals surface area (Å²) in [5.41, 5.74) is 5.24. The Morgan fingerprint density at radius 2 is 1.70 bits per heavy atom. The molecule has 0 spiro atoms. The molecule has 0 aliphatic carbocycles. The van der Waals surface area contributed by atoms with Crippen molar-refractivity contribution in [1.29, 1.82) is 0 Å². The number of carbonyl (C=O) groups excluding carboxylic acids is 2. The van der Waals surface area contributed by atoms with Crippen LogP contribution in [0.4, 0.5) is 18.0 Å². The molecule has 6 nitrogen and oxygen atoms in total. The van der Waals surface area contributed by atoms with E-state index >= 15 is 0 Å². The van der Waals surface area contributed by atoms with Gasteiger partial charge in [-0.1, -0.05) is 0 Å². The number of nitrogens with zero attached hydrogens (tertiary/aromatic N) is 3. The maximum absolute atomic E-state index is 12.8. The van der Waals surface area contributed by atoms with Gasteiger partial charge in [-0.3, -0.25) is 9.69 Å². The molecule has 2 N–H and O–H groups in total. The van der Waals surface area contributed by atoms with Crippen LogP contribution < -0.4 is 5.73 Å². The van der Waals surface area contributed by atoms with Crippen molar-refractivity contribution in [3.8, 4) is 0 Å². The lowest BCUT2D eigenvalue weighted by atomic mass is 9.97. The minimum absolute atomic E-state index is 0.0879. The van der Waals surface area contributed by atoms with Gasteiger partial charge >= 0.3 is 12.2 Å². The van der Waals surface area contributed by atoms with Gasteiger partial charge in [0.05, 0.1) is 12.5 Å². The number of piperidine rings is 1. The molecule has 0 aromatic rings. The summed E-state index contributed by atoms with van der Waals surface area (Å²) in [5, 5.41) is 0. The predicted molar refractivity (Wildman–Crippen MR) is 77.6 cm³/mol. The summed E-state index contributed by atoms with van der Waals surface area (Å²) in [6.07, 6.45) is -3.08. The zero-order valence-corrected chi connectivity index (χ0v) is 13.0. The summed E-state index contributed by atoms with van der Waals surface area (Å²) in [6, 6.07) is -0.484. The second-order valence-corrected chi connectivity index (χ2v) is 6.18. The number of rotatable bonds is 2. The molecule has 0 saturated carbocycles. The molecule has 1 atom stereocenters. The lowest BCUT2D eigenvalue weighted by molar-refractivity contribution is -0.188. The fourth-order valence-corrected chi connectivity index (χ4v) is 3.11. The van der Waals surface area contributed by atoms with Crippen LogP contribution in [0.15, 0.2) is 0 Å². The van der Waals surface area contributed by atoms with E-state index in [0.29, 0.717) is 45.6 Å². The minimum Gasteiger partial charge on any atom is -0.351 e. The zero-order valence-electron chi connectivity index (χ0n) is 13.0. The summed E-state index contributed by atoms with van der Waals surface area (Å²) in [6.45, 7) is 2.35. The molecule has 1 unspecified atom stereocenters. The highest BCUT2D eigenvalue weighted by molar-refractivity contribution is 5.78. The highest BCUT2D eigenvalue weighted by Crippen LogP contribution is 2.33. The summed E-state index contributed by atoms with van der Waals surface area (Å²) in [7, 11) is 0. The normalized spacial score (nSPS) is 24.4. The summed E-state index contributed by atoms with van der Waals surface area (Å²) in [4.78, 5) is 28.2. The van der Waals surface area contributed by atoms with E-state index in [2.05, 4.69) is 0 Å². The molecule has 0 aromatic carbocycles. The van der Waals surface area contributed by atoms with E-state index < -0.39 is 18.1 Å². The van der Waals surface area contributed by atoms with E-state index in [9.17, 15) is 22.8 Å². The standard InChI is InChI=1S/C14H23F3N4O2/c15-14(16,17)11-3-1-5-21(9-11)12(22)10-19-4-2-6-20(8-7-19)13(18)23/h11H,1-10H2,(H2,18,23). The van der Waals surface area contributed by atoms with Crippen LogP contribution in [0.3, 0.4) is 0 Å². The highest BCUT2D eigenvalue weighted by atomic mass is 19.4. The van der Waals surface area contributed by atoms with Crippen molar-refractivity contribution in [3.05, 3.63) is 0 Å². The molecule has 132 valence electrons.